The first-order valence-corrected chi connectivity index (χ1v) is 6.89. The van der Waals surface area contributed by atoms with Crippen LogP contribution in [0.25, 0.3) is 0 Å². The van der Waals surface area contributed by atoms with Crippen LogP contribution in [0.15, 0.2) is 36.4 Å². The Kier molecular flexibility index (Phi) is 6.99. The summed E-state index contributed by atoms with van der Waals surface area (Å²) in [6, 6.07) is 6.74. The summed E-state index contributed by atoms with van der Waals surface area (Å²) in [5.41, 5.74) is 0. The molecule has 110 valence electrons. The average molecular weight is 339 g/mol. The normalized spacial score (nSPS) is 11.6. The van der Waals surface area contributed by atoms with Gasteiger partial charge < -0.3 is 14.6 Å². The molecule has 0 saturated heterocycles. The summed E-state index contributed by atoms with van der Waals surface area (Å²) >= 11 is 16.3. The van der Waals surface area contributed by atoms with E-state index in [-0.39, 0.29) is 12.4 Å². The van der Waals surface area contributed by atoms with Gasteiger partial charge in [-0.2, -0.15) is 0 Å². The van der Waals surface area contributed by atoms with E-state index in [0.717, 1.165) is 0 Å². The third kappa shape index (κ3) is 6.37. The molecule has 0 aliphatic carbocycles. The Morgan fingerprint density at radius 1 is 1.25 bits per heavy atom. The van der Waals surface area contributed by atoms with Crippen LogP contribution in [0.1, 0.15) is 6.42 Å². The topological polar surface area (TPSA) is 62.5 Å². The number of rotatable bonds is 6. The Morgan fingerprint density at radius 3 is 2.60 bits per heavy atom. The molecule has 0 aromatic heterocycles. The zero-order valence-corrected chi connectivity index (χ0v) is 12.8. The second-order valence-corrected chi connectivity index (χ2v) is 6.00. The van der Waals surface area contributed by atoms with Gasteiger partial charge in [-0.1, -0.05) is 59.1 Å². The Labute approximate surface area is 132 Å². The van der Waals surface area contributed by atoms with Crippen molar-refractivity contribution in [2.75, 3.05) is 13.2 Å². The van der Waals surface area contributed by atoms with Gasteiger partial charge in [0.15, 0.2) is 11.5 Å². The predicted molar refractivity (Wildman–Crippen MR) is 81.3 cm³/mol. The second kappa shape index (κ2) is 8.25. The standard InChI is InChI=1S/C13H14Cl3NO3/c14-13(15,16)12(17)20-9-5-1-4-8-19-11-7-3-2-6-10(11)18/h1-3,5-7,17-18H,4,8-9H2/b5-1+,17-12?. The molecule has 1 aromatic carbocycles. The largest absolute Gasteiger partial charge is 0.504 e. The molecule has 0 unspecified atom stereocenters. The summed E-state index contributed by atoms with van der Waals surface area (Å²) in [5, 5.41) is 16.8. The van der Waals surface area contributed by atoms with Gasteiger partial charge in [0.25, 0.3) is 3.79 Å². The molecular weight excluding hydrogens is 325 g/mol. The van der Waals surface area contributed by atoms with Gasteiger partial charge in [0.1, 0.15) is 6.61 Å². The Bertz CT molecular complexity index is 472. The summed E-state index contributed by atoms with van der Waals surface area (Å²) < 4.78 is 8.45. The van der Waals surface area contributed by atoms with Crippen LogP contribution in [-0.2, 0) is 4.74 Å². The van der Waals surface area contributed by atoms with Crippen LogP contribution < -0.4 is 4.74 Å². The molecule has 0 bridgehead atoms. The first-order chi connectivity index (χ1) is 9.41. The molecule has 0 fully saturated rings. The van der Waals surface area contributed by atoms with Crippen molar-refractivity contribution < 1.29 is 14.6 Å². The van der Waals surface area contributed by atoms with E-state index in [0.29, 0.717) is 18.8 Å². The predicted octanol–water partition coefficient (Wildman–Crippen LogP) is 4.08. The van der Waals surface area contributed by atoms with Crippen LogP contribution in [0.4, 0.5) is 0 Å². The Hall–Kier alpha value is -1.10. The van der Waals surface area contributed by atoms with Gasteiger partial charge in [0, 0.05) is 0 Å². The highest BCUT2D eigenvalue weighted by Crippen LogP contribution is 2.27. The lowest BCUT2D eigenvalue weighted by molar-refractivity contribution is 0.304. The maximum absolute atomic E-state index is 9.46. The van der Waals surface area contributed by atoms with Crippen LogP contribution in [0, 0.1) is 5.41 Å². The summed E-state index contributed by atoms with van der Waals surface area (Å²) in [7, 11) is 0. The summed E-state index contributed by atoms with van der Waals surface area (Å²) in [4.78, 5) is 0. The highest BCUT2D eigenvalue weighted by atomic mass is 35.6. The molecule has 4 nitrogen and oxygen atoms in total. The monoisotopic (exact) mass is 337 g/mol. The van der Waals surface area contributed by atoms with Crippen molar-refractivity contribution >= 4 is 40.7 Å². The van der Waals surface area contributed by atoms with Crippen molar-refractivity contribution in [3.8, 4) is 11.5 Å². The highest BCUT2D eigenvalue weighted by Gasteiger charge is 2.28. The number of hydrogen-bond acceptors (Lipinski definition) is 4. The summed E-state index contributed by atoms with van der Waals surface area (Å²) in [5.74, 6) is 0.128. The van der Waals surface area contributed by atoms with Crippen molar-refractivity contribution in [3.63, 3.8) is 0 Å². The van der Waals surface area contributed by atoms with Crippen molar-refractivity contribution in [2.24, 2.45) is 0 Å². The minimum absolute atomic E-state index is 0.107. The fourth-order valence-electron chi connectivity index (χ4n) is 1.22. The van der Waals surface area contributed by atoms with Crippen LogP contribution in [-0.4, -0.2) is 28.0 Å². The van der Waals surface area contributed by atoms with E-state index in [1.165, 1.54) is 0 Å². The van der Waals surface area contributed by atoms with E-state index in [1.54, 1.807) is 30.3 Å². The molecule has 1 aromatic rings. The molecule has 20 heavy (non-hydrogen) atoms. The van der Waals surface area contributed by atoms with Crippen LogP contribution in [0.5, 0.6) is 11.5 Å². The van der Waals surface area contributed by atoms with E-state index in [9.17, 15) is 5.11 Å². The molecule has 0 heterocycles. The fourth-order valence-corrected chi connectivity index (χ4v) is 1.38. The fraction of sp³-hybridized carbons (Fsp3) is 0.308. The minimum Gasteiger partial charge on any atom is -0.504 e. The van der Waals surface area contributed by atoms with Gasteiger partial charge in [-0.3, -0.25) is 5.41 Å². The van der Waals surface area contributed by atoms with E-state index in [2.05, 4.69) is 0 Å². The molecule has 0 aliphatic rings. The van der Waals surface area contributed by atoms with Crippen molar-refractivity contribution in [1.29, 1.82) is 5.41 Å². The molecular formula is C13H14Cl3NO3. The quantitative estimate of drug-likeness (QED) is 0.270. The van der Waals surface area contributed by atoms with Gasteiger partial charge >= 0.3 is 0 Å². The molecule has 7 heteroatoms. The lowest BCUT2D eigenvalue weighted by Crippen LogP contribution is -2.21. The lowest BCUT2D eigenvalue weighted by Gasteiger charge is -2.11. The maximum atomic E-state index is 9.46. The zero-order chi connectivity index (χ0) is 15.0. The van der Waals surface area contributed by atoms with E-state index in [1.807, 2.05) is 6.08 Å². The first kappa shape index (κ1) is 17.0. The Balaban J connectivity index is 2.17. The molecule has 0 amide bonds. The van der Waals surface area contributed by atoms with Crippen LogP contribution >= 0.6 is 34.8 Å². The number of alkyl halides is 3. The van der Waals surface area contributed by atoms with E-state index >= 15 is 0 Å². The molecule has 0 spiro atoms. The molecule has 2 N–H and O–H groups in total. The first-order valence-electron chi connectivity index (χ1n) is 5.75. The number of ether oxygens (including phenoxy) is 2. The van der Waals surface area contributed by atoms with Crippen LogP contribution in [0.2, 0.25) is 0 Å². The van der Waals surface area contributed by atoms with Crippen molar-refractivity contribution in [1.82, 2.24) is 0 Å². The number of halogens is 3. The average Bonchev–Trinajstić information content (AvgIpc) is 2.38. The minimum atomic E-state index is -1.83. The third-order valence-electron chi connectivity index (χ3n) is 2.16. The molecule has 0 radical (unpaired) electrons. The van der Waals surface area contributed by atoms with Crippen molar-refractivity contribution in [3.05, 3.63) is 36.4 Å². The van der Waals surface area contributed by atoms with Gasteiger partial charge in [0.2, 0.25) is 5.90 Å². The second-order valence-electron chi connectivity index (χ2n) is 3.71. The number of phenols is 1. The number of hydrogen-bond donors (Lipinski definition) is 2. The smallest absolute Gasteiger partial charge is 0.265 e. The van der Waals surface area contributed by atoms with E-state index < -0.39 is 9.69 Å². The number of para-hydroxylation sites is 2. The zero-order valence-electron chi connectivity index (χ0n) is 10.5. The number of aromatic hydroxyl groups is 1. The van der Waals surface area contributed by atoms with Crippen molar-refractivity contribution in [2.45, 2.75) is 10.2 Å². The number of phenolic OH excluding ortho intramolecular Hbond substituents is 1. The number of benzene rings is 1. The van der Waals surface area contributed by atoms with Gasteiger partial charge in [-0.05, 0) is 18.6 Å². The summed E-state index contributed by atoms with van der Waals surface area (Å²) in [6.07, 6.45) is 4.13. The van der Waals surface area contributed by atoms with E-state index in [4.69, 9.17) is 49.7 Å². The summed E-state index contributed by atoms with van der Waals surface area (Å²) in [6.45, 7) is 0.555. The Morgan fingerprint density at radius 2 is 1.95 bits per heavy atom. The van der Waals surface area contributed by atoms with Crippen LogP contribution in [0.3, 0.4) is 0 Å². The third-order valence-corrected chi connectivity index (χ3v) is 2.67. The van der Waals surface area contributed by atoms with Gasteiger partial charge in [-0.25, -0.2) is 0 Å². The maximum Gasteiger partial charge on any atom is 0.265 e. The molecule has 0 atom stereocenters. The lowest BCUT2D eigenvalue weighted by atomic mass is 10.3. The SMILES string of the molecule is N=C(OC/C=C/CCOc1ccccc1O)C(Cl)(Cl)Cl. The molecule has 0 saturated carbocycles. The molecule has 1 rings (SSSR count). The molecule has 0 aliphatic heterocycles. The number of nitrogens with one attached hydrogen (secondary N) is 1. The van der Waals surface area contributed by atoms with Gasteiger partial charge in [0.05, 0.1) is 6.61 Å². The van der Waals surface area contributed by atoms with Gasteiger partial charge in [-0.15, -0.1) is 0 Å². The highest BCUT2D eigenvalue weighted by molar-refractivity contribution is 6.76.